The number of aromatic nitrogens is 2. The maximum absolute atomic E-state index is 14.0. The monoisotopic (exact) mass is 444 g/mol. The molecule has 0 N–H and O–H groups in total. The van der Waals surface area contributed by atoms with Gasteiger partial charge in [0.2, 0.25) is 5.88 Å². The van der Waals surface area contributed by atoms with Gasteiger partial charge in [-0.05, 0) is 29.8 Å². The summed E-state index contributed by atoms with van der Waals surface area (Å²) in [5.74, 6) is -2.00. The molecule has 0 saturated carbocycles. The van der Waals surface area contributed by atoms with Gasteiger partial charge in [-0.2, -0.15) is 26.3 Å². The van der Waals surface area contributed by atoms with E-state index in [1.807, 2.05) is 0 Å². The van der Waals surface area contributed by atoms with Crippen LogP contribution in [0.15, 0.2) is 54.9 Å². The number of nitrogens with zero attached hydrogens (tertiary/aromatic N) is 2. The van der Waals surface area contributed by atoms with Crippen molar-refractivity contribution in [2.45, 2.75) is 31.6 Å². The Kier molecular flexibility index (Phi) is 5.68. The molecule has 0 saturated heterocycles. The van der Waals surface area contributed by atoms with Crippen LogP contribution in [0, 0.1) is 5.82 Å². The molecule has 1 aromatic heterocycles. The molecule has 0 aliphatic rings. The van der Waals surface area contributed by atoms with E-state index in [0.29, 0.717) is 18.2 Å². The minimum atomic E-state index is -4.70. The number of hydrogen-bond donors (Lipinski definition) is 0. The second kappa shape index (κ2) is 7.82. The topological polar surface area (TPSA) is 35.0 Å². The molecule has 0 spiro atoms. The molecular formula is C21H15F7N2O. The Labute approximate surface area is 172 Å². The SMILES string of the molecule is CC(C)(c1cccc(C(F)(F)F)c1)c1cc(Oc2cc(C(F)(F)F)ccc2F)ncn1. The number of benzene rings is 2. The third-order valence-corrected chi connectivity index (χ3v) is 4.67. The molecule has 0 radical (unpaired) electrons. The van der Waals surface area contributed by atoms with Crippen molar-refractivity contribution < 1.29 is 35.5 Å². The predicted octanol–water partition coefficient (Wildman–Crippen LogP) is 6.77. The summed E-state index contributed by atoms with van der Waals surface area (Å²) < 4.78 is 97.0. The third-order valence-electron chi connectivity index (χ3n) is 4.67. The lowest BCUT2D eigenvalue weighted by atomic mass is 9.80. The number of hydrogen-bond acceptors (Lipinski definition) is 3. The Hall–Kier alpha value is -3.17. The van der Waals surface area contributed by atoms with Crippen molar-refractivity contribution in [1.29, 1.82) is 0 Å². The highest BCUT2D eigenvalue weighted by Gasteiger charge is 2.34. The zero-order valence-electron chi connectivity index (χ0n) is 16.1. The van der Waals surface area contributed by atoms with Gasteiger partial charge in [0.25, 0.3) is 0 Å². The summed E-state index contributed by atoms with van der Waals surface area (Å²) >= 11 is 0. The average Bonchev–Trinajstić information content (AvgIpc) is 2.68. The van der Waals surface area contributed by atoms with Crippen LogP contribution in [0.5, 0.6) is 11.6 Å². The first-order valence-corrected chi connectivity index (χ1v) is 8.83. The molecule has 3 nitrogen and oxygen atoms in total. The van der Waals surface area contributed by atoms with Crippen molar-refractivity contribution in [3.8, 4) is 11.6 Å². The highest BCUT2D eigenvalue weighted by molar-refractivity contribution is 5.39. The van der Waals surface area contributed by atoms with Crippen LogP contribution in [0.3, 0.4) is 0 Å². The minimum absolute atomic E-state index is 0.226. The van der Waals surface area contributed by atoms with Crippen LogP contribution in [-0.4, -0.2) is 9.97 Å². The zero-order chi connectivity index (χ0) is 23.0. The van der Waals surface area contributed by atoms with Gasteiger partial charge in [-0.1, -0.05) is 32.0 Å². The van der Waals surface area contributed by atoms with E-state index in [9.17, 15) is 30.7 Å². The number of alkyl halides is 6. The maximum atomic E-state index is 14.0. The van der Waals surface area contributed by atoms with Gasteiger partial charge >= 0.3 is 12.4 Å². The molecule has 164 valence electrons. The summed E-state index contributed by atoms with van der Waals surface area (Å²) in [5.41, 5.74) is -2.48. The molecule has 0 aliphatic heterocycles. The van der Waals surface area contributed by atoms with Crippen LogP contribution in [0.2, 0.25) is 0 Å². The van der Waals surface area contributed by atoms with Crippen LogP contribution >= 0.6 is 0 Å². The fraction of sp³-hybridized carbons (Fsp3) is 0.238. The lowest BCUT2D eigenvalue weighted by molar-refractivity contribution is -0.138. The van der Waals surface area contributed by atoms with Gasteiger partial charge in [-0.15, -0.1) is 0 Å². The van der Waals surface area contributed by atoms with Crippen molar-refractivity contribution in [2.24, 2.45) is 0 Å². The van der Waals surface area contributed by atoms with E-state index in [-0.39, 0.29) is 17.1 Å². The van der Waals surface area contributed by atoms with Crippen LogP contribution in [-0.2, 0) is 17.8 Å². The molecule has 0 amide bonds. The lowest BCUT2D eigenvalue weighted by Crippen LogP contribution is -2.21. The van der Waals surface area contributed by atoms with Gasteiger partial charge in [0.15, 0.2) is 11.6 Å². The van der Waals surface area contributed by atoms with Crippen LogP contribution < -0.4 is 4.74 Å². The minimum Gasteiger partial charge on any atom is -0.436 e. The van der Waals surface area contributed by atoms with Crippen LogP contribution in [0.1, 0.15) is 36.2 Å². The number of halogens is 7. The average molecular weight is 444 g/mol. The van der Waals surface area contributed by atoms with Gasteiger partial charge in [0.1, 0.15) is 6.33 Å². The molecule has 31 heavy (non-hydrogen) atoms. The van der Waals surface area contributed by atoms with Gasteiger partial charge < -0.3 is 4.74 Å². The summed E-state index contributed by atoms with van der Waals surface area (Å²) in [6.07, 6.45) is -8.20. The standard InChI is InChI=1S/C21H15F7N2O/c1-19(2,12-4-3-5-13(8-12)20(23,24)25)17-10-18(30-11-29-17)31-16-9-14(21(26,27)28)6-7-15(16)22/h3-11H,1-2H3. The fourth-order valence-corrected chi connectivity index (χ4v) is 2.84. The van der Waals surface area contributed by atoms with Crippen molar-refractivity contribution in [1.82, 2.24) is 9.97 Å². The highest BCUT2D eigenvalue weighted by Crippen LogP contribution is 2.37. The molecule has 1 heterocycles. The molecular weight excluding hydrogens is 429 g/mol. The van der Waals surface area contributed by atoms with E-state index in [0.717, 1.165) is 18.5 Å². The third kappa shape index (κ3) is 4.95. The van der Waals surface area contributed by atoms with Gasteiger partial charge in [-0.3, -0.25) is 0 Å². The van der Waals surface area contributed by atoms with Gasteiger partial charge in [-0.25, -0.2) is 14.4 Å². The Balaban J connectivity index is 1.95. The summed E-state index contributed by atoms with van der Waals surface area (Å²) in [6, 6.07) is 7.59. The Morgan fingerprint density at radius 2 is 1.35 bits per heavy atom. The fourth-order valence-electron chi connectivity index (χ4n) is 2.84. The maximum Gasteiger partial charge on any atom is 0.416 e. The summed E-state index contributed by atoms with van der Waals surface area (Å²) in [4.78, 5) is 7.82. The highest BCUT2D eigenvalue weighted by atomic mass is 19.4. The molecule has 10 heteroatoms. The van der Waals surface area contributed by atoms with E-state index < -0.39 is 40.5 Å². The first-order valence-electron chi connectivity index (χ1n) is 8.83. The Morgan fingerprint density at radius 1 is 0.742 bits per heavy atom. The van der Waals surface area contributed by atoms with Crippen molar-refractivity contribution >= 4 is 0 Å². The molecule has 0 fully saturated rings. The van der Waals surface area contributed by atoms with Crippen LogP contribution in [0.25, 0.3) is 0 Å². The number of rotatable bonds is 4. The van der Waals surface area contributed by atoms with E-state index in [1.54, 1.807) is 13.8 Å². The first-order chi connectivity index (χ1) is 14.3. The largest absolute Gasteiger partial charge is 0.436 e. The van der Waals surface area contributed by atoms with Gasteiger partial charge in [0, 0.05) is 11.5 Å². The molecule has 3 rings (SSSR count). The van der Waals surface area contributed by atoms with E-state index >= 15 is 0 Å². The summed E-state index contributed by atoms with van der Waals surface area (Å²) in [5, 5.41) is 0. The second-order valence-electron chi connectivity index (χ2n) is 7.19. The van der Waals surface area contributed by atoms with E-state index in [1.165, 1.54) is 18.2 Å². The van der Waals surface area contributed by atoms with Gasteiger partial charge in [0.05, 0.1) is 16.8 Å². The Morgan fingerprint density at radius 3 is 2.00 bits per heavy atom. The van der Waals surface area contributed by atoms with Crippen LogP contribution in [0.4, 0.5) is 30.7 Å². The summed E-state index contributed by atoms with van der Waals surface area (Å²) in [7, 11) is 0. The predicted molar refractivity (Wildman–Crippen MR) is 97.1 cm³/mol. The van der Waals surface area contributed by atoms with Crippen molar-refractivity contribution in [3.05, 3.63) is 83.1 Å². The van der Waals surface area contributed by atoms with E-state index in [4.69, 9.17) is 4.74 Å². The van der Waals surface area contributed by atoms with Crippen molar-refractivity contribution in [3.63, 3.8) is 0 Å². The normalized spacial score (nSPS) is 12.7. The molecule has 0 atom stereocenters. The zero-order valence-corrected chi connectivity index (χ0v) is 16.1. The molecule has 0 bridgehead atoms. The Bertz CT molecular complexity index is 1090. The quantitative estimate of drug-likeness (QED) is 0.417. The second-order valence-corrected chi connectivity index (χ2v) is 7.19. The molecule has 0 unspecified atom stereocenters. The smallest absolute Gasteiger partial charge is 0.416 e. The molecule has 0 aliphatic carbocycles. The van der Waals surface area contributed by atoms with Crippen molar-refractivity contribution in [2.75, 3.05) is 0 Å². The first kappa shape index (κ1) is 22.5. The van der Waals surface area contributed by atoms with E-state index in [2.05, 4.69) is 9.97 Å². The molecule has 2 aromatic carbocycles. The number of ether oxygens (including phenoxy) is 1. The summed E-state index contributed by atoms with van der Waals surface area (Å²) in [6.45, 7) is 3.22. The molecule has 3 aromatic rings. The lowest BCUT2D eigenvalue weighted by Gasteiger charge is -2.25.